The lowest BCUT2D eigenvalue weighted by Gasteiger charge is -2.16. The standard InChI is InChI=1S/C18H23NO2/c1-4-19-10-14-15(11-5-6-11)13-8-7-12-9-18(2,3)21-16(12)17(13)20-14/h7-8,11,19H,4-6,9-10H2,1-3H3. The highest BCUT2D eigenvalue weighted by molar-refractivity contribution is 5.90. The molecule has 2 heterocycles. The molecule has 0 amide bonds. The monoisotopic (exact) mass is 285 g/mol. The largest absolute Gasteiger partial charge is 0.483 e. The maximum absolute atomic E-state index is 6.25. The number of rotatable bonds is 4. The fourth-order valence-electron chi connectivity index (χ4n) is 3.46. The van der Waals surface area contributed by atoms with Crippen molar-refractivity contribution in [2.75, 3.05) is 6.54 Å². The van der Waals surface area contributed by atoms with Crippen LogP contribution in [0.4, 0.5) is 0 Å². The van der Waals surface area contributed by atoms with Crippen LogP contribution in [-0.2, 0) is 13.0 Å². The van der Waals surface area contributed by atoms with Crippen LogP contribution < -0.4 is 10.1 Å². The van der Waals surface area contributed by atoms with Gasteiger partial charge in [0.15, 0.2) is 11.3 Å². The van der Waals surface area contributed by atoms with Crippen molar-refractivity contribution in [2.45, 2.75) is 58.1 Å². The Kier molecular flexibility index (Phi) is 2.83. The molecule has 4 rings (SSSR count). The molecule has 1 aromatic carbocycles. The zero-order valence-electron chi connectivity index (χ0n) is 13.1. The average molecular weight is 285 g/mol. The Morgan fingerprint density at radius 1 is 1.29 bits per heavy atom. The Hall–Kier alpha value is -1.48. The summed E-state index contributed by atoms with van der Waals surface area (Å²) in [6.45, 7) is 8.19. The van der Waals surface area contributed by atoms with Gasteiger partial charge in [-0.25, -0.2) is 0 Å². The van der Waals surface area contributed by atoms with Crippen LogP contribution in [0, 0.1) is 0 Å². The predicted molar refractivity (Wildman–Crippen MR) is 84.0 cm³/mol. The van der Waals surface area contributed by atoms with E-state index in [1.165, 1.54) is 29.4 Å². The van der Waals surface area contributed by atoms with Gasteiger partial charge >= 0.3 is 0 Å². The SMILES string of the molecule is CCNCc1oc2c3c(ccc2c1C1CC1)CC(C)(C)O3. The molecule has 2 aromatic rings. The van der Waals surface area contributed by atoms with Gasteiger partial charge in [0, 0.05) is 22.9 Å². The highest BCUT2D eigenvalue weighted by Gasteiger charge is 2.36. The lowest BCUT2D eigenvalue weighted by molar-refractivity contribution is 0.138. The number of ether oxygens (including phenoxy) is 1. The third-order valence-corrected chi connectivity index (χ3v) is 4.53. The van der Waals surface area contributed by atoms with Crippen molar-refractivity contribution in [3.05, 3.63) is 29.0 Å². The summed E-state index contributed by atoms with van der Waals surface area (Å²) in [7, 11) is 0. The van der Waals surface area contributed by atoms with Crippen LogP contribution in [0.15, 0.2) is 16.5 Å². The van der Waals surface area contributed by atoms with E-state index in [4.69, 9.17) is 9.15 Å². The van der Waals surface area contributed by atoms with E-state index in [2.05, 4.69) is 38.2 Å². The van der Waals surface area contributed by atoms with Crippen LogP contribution in [-0.4, -0.2) is 12.1 Å². The molecule has 0 radical (unpaired) electrons. The normalized spacial score (nSPS) is 19.8. The molecule has 2 aliphatic rings. The zero-order valence-corrected chi connectivity index (χ0v) is 13.1. The molecule has 1 aromatic heterocycles. The lowest BCUT2D eigenvalue weighted by atomic mass is 9.99. The highest BCUT2D eigenvalue weighted by Crippen LogP contribution is 2.50. The Morgan fingerprint density at radius 3 is 2.81 bits per heavy atom. The minimum atomic E-state index is -0.120. The van der Waals surface area contributed by atoms with Crippen molar-refractivity contribution in [1.29, 1.82) is 0 Å². The van der Waals surface area contributed by atoms with E-state index in [-0.39, 0.29) is 5.60 Å². The van der Waals surface area contributed by atoms with Crippen LogP contribution in [0.25, 0.3) is 11.0 Å². The smallest absolute Gasteiger partial charge is 0.176 e. The molecular weight excluding hydrogens is 262 g/mol. The Morgan fingerprint density at radius 2 is 2.10 bits per heavy atom. The van der Waals surface area contributed by atoms with E-state index in [1.54, 1.807) is 0 Å². The number of hydrogen-bond donors (Lipinski definition) is 1. The number of furan rings is 1. The maximum atomic E-state index is 6.25. The van der Waals surface area contributed by atoms with Gasteiger partial charge in [0.05, 0.1) is 6.54 Å². The van der Waals surface area contributed by atoms with Gasteiger partial charge in [0.2, 0.25) is 0 Å². The molecule has 0 unspecified atom stereocenters. The first-order valence-electron chi connectivity index (χ1n) is 8.06. The van der Waals surface area contributed by atoms with Crippen LogP contribution in [0.3, 0.4) is 0 Å². The fraction of sp³-hybridized carbons (Fsp3) is 0.556. The van der Waals surface area contributed by atoms with E-state index >= 15 is 0 Å². The van der Waals surface area contributed by atoms with Crippen LogP contribution in [0.5, 0.6) is 5.75 Å². The topological polar surface area (TPSA) is 34.4 Å². The van der Waals surface area contributed by atoms with Crippen LogP contribution in [0.1, 0.15) is 56.4 Å². The van der Waals surface area contributed by atoms with Gasteiger partial charge in [0.1, 0.15) is 11.4 Å². The second kappa shape index (κ2) is 4.51. The predicted octanol–water partition coefficient (Wildman–Crippen LogP) is 4.13. The van der Waals surface area contributed by atoms with Gasteiger partial charge in [-0.15, -0.1) is 0 Å². The Bertz CT molecular complexity index is 695. The molecule has 0 saturated heterocycles. The first-order valence-corrected chi connectivity index (χ1v) is 8.06. The Labute approximate surface area is 125 Å². The van der Waals surface area contributed by atoms with Crippen molar-refractivity contribution in [1.82, 2.24) is 5.32 Å². The molecule has 1 N–H and O–H groups in total. The van der Waals surface area contributed by atoms with Gasteiger partial charge in [-0.2, -0.15) is 0 Å². The molecule has 1 fully saturated rings. The highest BCUT2D eigenvalue weighted by atomic mass is 16.5. The summed E-state index contributed by atoms with van der Waals surface area (Å²) < 4.78 is 12.4. The van der Waals surface area contributed by atoms with Crippen LogP contribution >= 0.6 is 0 Å². The zero-order chi connectivity index (χ0) is 14.6. The molecule has 3 nitrogen and oxygen atoms in total. The summed E-state index contributed by atoms with van der Waals surface area (Å²) >= 11 is 0. The summed E-state index contributed by atoms with van der Waals surface area (Å²) in [5.74, 6) is 2.77. The van der Waals surface area contributed by atoms with Crippen molar-refractivity contribution >= 4 is 11.0 Å². The van der Waals surface area contributed by atoms with E-state index < -0.39 is 0 Å². The third-order valence-electron chi connectivity index (χ3n) is 4.53. The second-order valence-corrected chi connectivity index (χ2v) is 6.96. The van der Waals surface area contributed by atoms with Crippen molar-refractivity contribution < 1.29 is 9.15 Å². The number of nitrogens with one attached hydrogen (secondary N) is 1. The van der Waals surface area contributed by atoms with Crippen molar-refractivity contribution in [3.8, 4) is 5.75 Å². The third kappa shape index (κ3) is 2.15. The summed E-state index contributed by atoms with van der Waals surface area (Å²) in [5, 5.41) is 4.66. The molecule has 21 heavy (non-hydrogen) atoms. The molecule has 1 aliphatic heterocycles. The average Bonchev–Trinajstić information content (AvgIpc) is 3.11. The fourth-order valence-corrected chi connectivity index (χ4v) is 3.46. The molecule has 1 saturated carbocycles. The molecule has 0 bridgehead atoms. The molecular formula is C18H23NO2. The summed E-state index contributed by atoms with van der Waals surface area (Å²) in [6, 6.07) is 4.47. The molecule has 3 heteroatoms. The van der Waals surface area contributed by atoms with E-state index in [1.807, 2.05) is 0 Å². The van der Waals surface area contributed by atoms with Crippen molar-refractivity contribution in [2.24, 2.45) is 0 Å². The first-order chi connectivity index (χ1) is 10.1. The van der Waals surface area contributed by atoms with E-state index in [0.717, 1.165) is 36.6 Å². The lowest BCUT2D eigenvalue weighted by Crippen LogP contribution is -2.24. The summed E-state index contributed by atoms with van der Waals surface area (Å²) in [5.41, 5.74) is 3.54. The number of fused-ring (bicyclic) bond motifs is 3. The summed E-state index contributed by atoms with van der Waals surface area (Å²) in [4.78, 5) is 0. The van der Waals surface area contributed by atoms with Crippen LogP contribution in [0.2, 0.25) is 0 Å². The van der Waals surface area contributed by atoms with Gasteiger partial charge in [0.25, 0.3) is 0 Å². The molecule has 1 aliphatic carbocycles. The van der Waals surface area contributed by atoms with E-state index in [9.17, 15) is 0 Å². The molecule has 112 valence electrons. The Balaban J connectivity index is 1.86. The first kappa shape index (κ1) is 13.2. The minimum Gasteiger partial charge on any atom is -0.483 e. The van der Waals surface area contributed by atoms with Crippen molar-refractivity contribution in [3.63, 3.8) is 0 Å². The van der Waals surface area contributed by atoms with Gasteiger partial charge < -0.3 is 14.5 Å². The quantitative estimate of drug-likeness (QED) is 0.917. The summed E-state index contributed by atoms with van der Waals surface area (Å²) in [6.07, 6.45) is 3.54. The van der Waals surface area contributed by atoms with Gasteiger partial charge in [-0.05, 0) is 39.2 Å². The van der Waals surface area contributed by atoms with E-state index in [0.29, 0.717) is 5.92 Å². The minimum absolute atomic E-state index is 0.120. The van der Waals surface area contributed by atoms with Gasteiger partial charge in [-0.3, -0.25) is 0 Å². The molecule has 0 atom stereocenters. The second-order valence-electron chi connectivity index (χ2n) is 6.96. The maximum Gasteiger partial charge on any atom is 0.176 e. The number of hydrogen-bond acceptors (Lipinski definition) is 3. The molecule has 0 spiro atoms. The number of benzene rings is 1. The van der Waals surface area contributed by atoms with Gasteiger partial charge in [-0.1, -0.05) is 19.1 Å².